The Morgan fingerprint density at radius 3 is 2.85 bits per heavy atom. The lowest BCUT2D eigenvalue weighted by Gasteiger charge is -2.35. The minimum Gasteiger partial charge on any atom is -0.479 e. The maximum atomic E-state index is 12.2. The molecular weight excluding hydrogens is 260 g/mol. The van der Waals surface area contributed by atoms with E-state index in [-0.39, 0.29) is 18.6 Å². The Bertz CT molecular complexity index is 518. The maximum absolute atomic E-state index is 12.2. The summed E-state index contributed by atoms with van der Waals surface area (Å²) >= 11 is 0. The lowest BCUT2D eigenvalue weighted by atomic mass is 9.97. The van der Waals surface area contributed by atoms with Gasteiger partial charge in [-0.3, -0.25) is 4.90 Å². The van der Waals surface area contributed by atoms with Gasteiger partial charge in [0.25, 0.3) is 0 Å². The highest BCUT2D eigenvalue weighted by atomic mass is 16.4. The van der Waals surface area contributed by atoms with Gasteiger partial charge >= 0.3 is 12.0 Å². The van der Waals surface area contributed by atoms with Crippen LogP contribution in [-0.2, 0) is 11.2 Å². The number of aliphatic hydroxyl groups excluding tert-OH is 1. The van der Waals surface area contributed by atoms with Crippen molar-refractivity contribution >= 4 is 17.7 Å². The van der Waals surface area contributed by atoms with Crippen molar-refractivity contribution in [2.75, 3.05) is 11.4 Å². The zero-order valence-electron chi connectivity index (χ0n) is 11.2. The molecule has 2 amide bonds. The molecule has 6 heteroatoms. The predicted octanol–water partition coefficient (Wildman–Crippen LogP) is 0.983. The van der Waals surface area contributed by atoms with Gasteiger partial charge in [-0.25, -0.2) is 9.59 Å². The number of anilines is 1. The van der Waals surface area contributed by atoms with Crippen LogP contribution >= 0.6 is 0 Å². The Hall–Kier alpha value is -2.08. The lowest BCUT2D eigenvalue weighted by Crippen LogP contribution is -2.50. The number of urea groups is 1. The first kappa shape index (κ1) is 14.3. The Morgan fingerprint density at radius 1 is 1.45 bits per heavy atom. The Morgan fingerprint density at radius 2 is 2.15 bits per heavy atom. The predicted molar refractivity (Wildman–Crippen MR) is 73.7 cm³/mol. The number of rotatable bonds is 3. The molecule has 2 unspecified atom stereocenters. The molecule has 0 spiro atoms. The first-order chi connectivity index (χ1) is 9.50. The number of carbonyl (C=O) groups excluding carboxylic acids is 1. The summed E-state index contributed by atoms with van der Waals surface area (Å²) in [5.41, 5.74) is 1.94. The van der Waals surface area contributed by atoms with E-state index >= 15 is 0 Å². The van der Waals surface area contributed by atoms with Crippen molar-refractivity contribution in [1.82, 2.24) is 5.32 Å². The summed E-state index contributed by atoms with van der Waals surface area (Å²) in [5, 5.41) is 20.3. The second-order valence-corrected chi connectivity index (χ2v) is 4.93. The number of aryl methyl sites for hydroxylation is 1. The van der Waals surface area contributed by atoms with E-state index in [0.717, 1.165) is 24.1 Å². The van der Waals surface area contributed by atoms with Crippen molar-refractivity contribution in [3.05, 3.63) is 29.8 Å². The quantitative estimate of drug-likeness (QED) is 0.769. The van der Waals surface area contributed by atoms with Crippen LogP contribution in [0.3, 0.4) is 0 Å². The first-order valence-electron chi connectivity index (χ1n) is 6.56. The van der Waals surface area contributed by atoms with E-state index in [1.807, 2.05) is 31.2 Å². The van der Waals surface area contributed by atoms with Crippen LogP contribution in [-0.4, -0.2) is 40.9 Å². The van der Waals surface area contributed by atoms with E-state index in [4.69, 9.17) is 5.11 Å². The molecule has 2 rings (SSSR count). The van der Waals surface area contributed by atoms with Gasteiger partial charge in [-0.1, -0.05) is 18.2 Å². The molecule has 6 nitrogen and oxygen atoms in total. The third-order valence-corrected chi connectivity index (χ3v) is 3.47. The van der Waals surface area contributed by atoms with E-state index in [0.29, 0.717) is 0 Å². The molecule has 1 aromatic rings. The molecule has 1 aromatic carbocycles. The number of hydrogen-bond acceptors (Lipinski definition) is 3. The summed E-state index contributed by atoms with van der Waals surface area (Å²) < 4.78 is 0. The third kappa shape index (κ3) is 2.91. The zero-order valence-corrected chi connectivity index (χ0v) is 11.2. The van der Waals surface area contributed by atoms with Crippen molar-refractivity contribution in [3.63, 3.8) is 0 Å². The van der Waals surface area contributed by atoms with Crippen LogP contribution in [0.1, 0.15) is 18.9 Å². The lowest BCUT2D eigenvalue weighted by molar-refractivity contribution is -0.146. The van der Waals surface area contributed by atoms with Crippen LogP contribution in [0.4, 0.5) is 10.5 Å². The number of nitrogens with zero attached hydrogens (tertiary/aromatic N) is 1. The minimum absolute atomic E-state index is 0.0341. The highest BCUT2D eigenvalue weighted by Crippen LogP contribution is 2.30. The molecule has 108 valence electrons. The second kappa shape index (κ2) is 5.92. The van der Waals surface area contributed by atoms with E-state index in [2.05, 4.69) is 5.32 Å². The minimum atomic E-state index is -1.59. The van der Waals surface area contributed by atoms with Crippen molar-refractivity contribution in [2.45, 2.75) is 31.9 Å². The number of aliphatic carboxylic acids is 1. The fourth-order valence-corrected chi connectivity index (χ4v) is 2.35. The molecule has 0 saturated heterocycles. The number of carboxylic acids is 1. The Labute approximate surface area is 117 Å². The molecule has 0 radical (unpaired) electrons. The SMILES string of the molecule is CC1CCc2ccccc2N1C(=O)NCC(O)C(=O)O. The molecule has 2 atom stereocenters. The summed E-state index contributed by atoms with van der Waals surface area (Å²) in [5.74, 6) is -1.35. The molecule has 0 saturated carbocycles. The van der Waals surface area contributed by atoms with Gasteiger partial charge in [0.1, 0.15) is 0 Å². The van der Waals surface area contributed by atoms with Crippen LogP contribution in [0, 0.1) is 0 Å². The topological polar surface area (TPSA) is 89.9 Å². The third-order valence-electron chi connectivity index (χ3n) is 3.47. The first-order valence-corrected chi connectivity index (χ1v) is 6.56. The molecule has 0 bridgehead atoms. The number of benzene rings is 1. The molecule has 0 aliphatic carbocycles. The standard InChI is InChI=1S/C14H18N2O4/c1-9-6-7-10-4-2-3-5-11(10)16(9)14(20)15-8-12(17)13(18)19/h2-5,9,12,17H,6-8H2,1H3,(H,15,20)(H,18,19). The van der Waals surface area contributed by atoms with Gasteiger partial charge in [-0.2, -0.15) is 0 Å². The van der Waals surface area contributed by atoms with Gasteiger partial charge in [0, 0.05) is 11.7 Å². The molecule has 3 N–H and O–H groups in total. The smallest absolute Gasteiger partial charge is 0.334 e. The van der Waals surface area contributed by atoms with Crippen LogP contribution in [0.25, 0.3) is 0 Å². The average molecular weight is 278 g/mol. The molecule has 0 fully saturated rings. The second-order valence-electron chi connectivity index (χ2n) is 4.93. The number of para-hydroxylation sites is 1. The molecular formula is C14H18N2O4. The molecule has 20 heavy (non-hydrogen) atoms. The summed E-state index contributed by atoms with van der Waals surface area (Å²) in [4.78, 5) is 24.4. The zero-order chi connectivity index (χ0) is 14.7. The number of carboxylic acid groups (broad SMARTS) is 1. The van der Waals surface area contributed by atoms with Gasteiger partial charge in [-0.15, -0.1) is 0 Å². The van der Waals surface area contributed by atoms with Crippen molar-refractivity contribution in [3.8, 4) is 0 Å². The number of aliphatic hydroxyl groups is 1. The van der Waals surface area contributed by atoms with Crippen LogP contribution in [0.5, 0.6) is 0 Å². The largest absolute Gasteiger partial charge is 0.479 e. The van der Waals surface area contributed by atoms with Gasteiger partial charge < -0.3 is 15.5 Å². The van der Waals surface area contributed by atoms with E-state index in [1.54, 1.807) is 4.90 Å². The summed E-state index contributed by atoms with van der Waals surface area (Å²) in [7, 11) is 0. The van der Waals surface area contributed by atoms with E-state index in [1.165, 1.54) is 0 Å². The van der Waals surface area contributed by atoms with Gasteiger partial charge in [-0.05, 0) is 31.4 Å². The number of nitrogens with one attached hydrogen (secondary N) is 1. The van der Waals surface area contributed by atoms with Gasteiger partial charge in [0.15, 0.2) is 6.10 Å². The average Bonchev–Trinajstić information content (AvgIpc) is 2.44. The number of hydrogen-bond donors (Lipinski definition) is 3. The Kier molecular flexibility index (Phi) is 4.24. The molecule has 1 aliphatic heterocycles. The van der Waals surface area contributed by atoms with Crippen LogP contribution < -0.4 is 10.2 Å². The summed E-state index contributed by atoms with van der Waals surface area (Å²) in [6, 6.07) is 7.30. The molecule has 1 heterocycles. The van der Waals surface area contributed by atoms with Crippen LogP contribution in [0.15, 0.2) is 24.3 Å². The fourth-order valence-electron chi connectivity index (χ4n) is 2.35. The monoisotopic (exact) mass is 278 g/mol. The summed E-state index contributed by atoms with van der Waals surface area (Å²) in [6.45, 7) is 1.64. The Balaban J connectivity index is 2.11. The fraction of sp³-hybridized carbons (Fsp3) is 0.429. The van der Waals surface area contributed by atoms with Gasteiger partial charge in [0.2, 0.25) is 0 Å². The van der Waals surface area contributed by atoms with Crippen molar-refractivity contribution < 1.29 is 19.8 Å². The molecule has 1 aliphatic rings. The highest BCUT2D eigenvalue weighted by Gasteiger charge is 2.28. The van der Waals surface area contributed by atoms with E-state index in [9.17, 15) is 14.7 Å². The van der Waals surface area contributed by atoms with Crippen LogP contribution in [0.2, 0.25) is 0 Å². The van der Waals surface area contributed by atoms with E-state index < -0.39 is 12.1 Å². The number of amides is 2. The normalized spacial score (nSPS) is 19.1. The number of carbonyl (C=O) groups is 2. The van der Waals surface area contributed by atoms with Crippen molar-refractivity contribution in [1.29, 1.82) is 0 Å². The summed E-state index contributed by atoms with van der Waals surface area (Å²) in [6.07, 6.45) is 0.180. The molecule has 0 aromatic heterocycles. The highest BCUT2D eigenvalue weighted by molar-refractivity contribution is 5.94. The maximum Gasteiger partial charge on any atom is 0.334 e. The van der Waals surface area contributed by atoms with Crippen molar-refractivity contribution in [2.24, 2.45) is 0 Å². The number of fused-ring (bicyclic) bond motifs is 1. The van der Waals surface area contributed by atoms with Gasteiger partial charge in [0.05, 0.1) is 6.54 Å².